The van der Waals surface area contributed by atoms with E-state index in [2.05, 4.69) is 12.1 Å². The maximum Gasteiger partial charge on any atom is 0.318 e. The van der Waals surface area contributed by atoms with E-state index in [0.29, 0.717) is 5.39 Å². The SMILES string of the molecule is COc1ccc2c(ccc3c4ccccc4sc23)c1[N+](=O)[O-]. The molecular weight excluding hydrogens is 298 g/mol. The Kier molecular flexibility index (Phi) is 2.77. The standard InChI is InChI=1S/C17H11NO3S/c1-21-14-9-8-13-11(16(14)18(19)20)6-7-12-10-4-2-3-5-15(10)22-17(12)13/h2-9H,1H3. The van der Waals surface area contributed by atoms with Crippen LogP contribution < -0.4 is 4.74 Å². The van der Waals surface area contributed by atoms with Gasteiger partial charge in [0.2, 0.25) is 0 Å². The van der Waals surface area contributed by atoms with E-state index in [-0.39, 0.29) is 16.4 Å². The molecule has 0 unspecified atom stereocenters. The molecule has 1 heterocycles. The first-order chi connectivity index (χ1) is 10.7. The number of nitro groups is 1. The minimum Gasteiger partial charge on any atom is -0.490 e. The van der Waals surface area contributed by atoms with Crippen LogP contribution in [0.15, 0.2) is 48.5 Å². The van der Waals surface area contributed by atoms with Gasteiger partial charge >= 0.3 is 5.69 Å². The fraction of sp³-hybridized carbons (Fsp3) is 0.0588. The van der Waals surface area contributed by atoms with Crippen LogP contribution >= 0.6 is 11.3 Å². The summed E-state index contributed by atoms with van der Waals surface area (Å²) in [6, 6.07) is 15.5. The molecule has 0 N–H and O–H groups in total. The van der Waals surface area contributed by atoms with E-state index in [1.54, 1.807) is 17.4 Å². The molecule has 0 aliphatic rings. The van der Waals surface area contributed by atoms with Crippen LogP contribution in [0.3, 0.4) is 0 Å². The quantitative estimate of drug-likeness (QED) is 0.381. The molecule has 4 rings (SSSR count). The molecule has 1 aromatic heterocycles. The summed E-state index contributed by atoms with van der Waals surface area (Å²) < 4.78 is 7.40. The second kappa shape index (κ2) is 4.68. The predicted molar refractivity (Wildman–Crippen MR) is 90.0 cm³/mol. The molecule has 5 heteroatoms. The largest absolute Gasteiger partial charge is 0.490 e. The topological polar surface area (TPSA) is 52.4 Å². The van der Waals surface area contributed by atoms with Gasteiger partial charge in [-0.2, -0.15) is 0 Å². The number of hydrogen-bond donors (Lipinski definition) is 0. The Labute approximate surface area is 129 Å². The van der Waals surface area contributed by atoms with Gasteiger partial charge in [0.05, 0.1) is 17.4 Å². The average molecular weight is 309 g/mol. The molecule has 22 heavy (non-hydrogen) atoms. The molecule has 0 amide bonds. The Morgan fingerprint density at radius 1 is 0.955 bits per heavy atom. The van der Waals surface area contributed by atoms with Crippen molar-refractivity contribution in [1.82, 2.24) is 0 Å². The van der Waals surface area contributed by atoms with Gasteiger partial charge < -0.3 is 4.74 Å². The molecule has 0 aliphatic heterocycles. The minimum atomic E-state index is -0.375. The summed E-state index contributed by atoms with van der Waals surface area (Å²) >= 11 is 1.66. The lowest BCUT2D eigenvalue weighted by atomic mass is 10.0. The van der Waals surface area contributed by atoms with Crippen molar-refractivity contribution in [2.24, 2.45) is 0 Å². The monoisotopic (exact) mass is 309 g/mol. The van der Waals surface area contributed by atoms with E-state index >= 15 is 0 Å². The van der Waals surface area contributed by atoms with E-state index in [1.807, 2.05) is 30.3 Å². The summed E-state index contributed by atoms with van der Waals surface area (Å²) in [4.78, 5) is 11.1. The zero-order valence-corrected chi connectivity index (χ0v) is 12.5. The number of nitrogens with zero attached hydrogens (tertiary/aromatic N) is 1. The lowest BCUT2D eigenvalue weighted by Gasteiger charge is -2.05. The highest BCUT2D eigenvalue weighted by molar-refractivity contribution is 7.26. The minimum absolute atomic E-state index is 0.0272. The fourth-order valence-corrected chi connectivity index (χ4v) is 4.14. The van der Waals surface area contributed by atoms with Gasteiger partial charge in [-0.15, -0.1) is 11.3 Å². The van der Waals surface area contributed by atoms with Gasteiger partial charge in [0.25, 0.3) is 0 Å². The van der Waals surface area contributed by atoms with Crippen LogP contribution in [0.1, 0.15) is 0 Å². The summed E-state index contributed by atoms with van der Waals surface area (Å²) in [7, 11) is 1.45. The number of hydrogen-bond acceptors (Lipinski definition) is 4. The van der Waals surface area contributed by atoms with Crippen LogP contribution in [0.25, 0.3) is 30.9 Å². The number of benzene rings is 3. The van der Waals surface area contributed by atoms with Crippen LogP contribution in [-0.2, 0) is 0 Å². The molecule has 3 aromatic carbocycles. The molecule has 0 atom stereocenters. The molecule has 0 bridgehead atoms. The fourth-order valence-electron chi connectivity index (χ4n) is 2.91. The van der Waals surface area contributed by atoms with E-state index in [1.165, 1.54) is 17.2 Å². The van der Waals surface area contributed by atoms with Gasteiger partial charge in [0.1, 0.15) is 0 Å². The number of rotatable bonds is 2. The molecule has 0 fully saturated rings. The molecule has 0 aliphatic carbocycles. The lowest BCUT2D eigenvalue weighted by molar-refractivity contribution is -0.383. The molecular formula is C17H11NO3S. The molecule has 0 saturated carbocycles. The van der Waals surface area contributed by atoms with Crippen LogP contribution in [0.5, 0.6) is 5.75 Å². The van der Waals surface area contributed by atoms with Crippen molar-refractivity contribution >= 4 is 48.0 Å². The third kappa shape index (κ3) is 1.69. The Hall–Kier alpha value is -2.66. The smallest absolute Gasteiger partial charge is 0.318 e. The van der Waals surface area contributed by atoms with Gasteiger partial charge in [0.15, 0.2) is 5.75 Å². The molecule has 4 aromatic rings. The van der Waals surface area contributed by atoms with Crippen molar-refractivity contribution in [2.75, 3.05) is 7.11 Å². The van der Waals surface area contributed by atoms with Gasteiger partial charge in [-0.3, -0.25) is 10.1 Å². The molecule has 0 radical (unpaired) electrons. The van der Waals surface area contributed by atoms with Crippen LogP contribution in [-0.4, -0.2) is 12.0 Å². The maximum absolute atomic E-state index is 11.4. The van der Waals surface area contributed by atoms with Crippen LogP contribution in [0, 0.1) is 10.1 Å². The van der Waals surface area contributed by atoms with E-state index in [4.69, 9.17) is 4.74 Å². The normalized spacial score (nSPS) is 11.3. The molecule has 4 nitrogen and oxygen atoms in total. The third-order valence-corrected chi connectivity index (χ3v) is 5.10. The van der Waals surface area contributed by atoms with Crippen molar-refractivity contribution in [3.05, 3.63) is 58.6 Å². The van der Waals surface area contributed by atoms with Gasteiger partial charge in [0, 0.05) is 25.6 Å². The van der Waals surface area contributed by atoms with Crippen LogP contribution in [0.2, 0.25) is 0 Å². The summed E-state index contributed by atoms with van der Waals surface area (Å²) in [5, 5.41) is 15.3. The Balaban J connectivity index is 2.21. The summed E-state index contributed by atoms with van der Waals surface area (Å²) in [5.74, 6) is 0.290. The summed E-state index contributed by atoms with van der Waals surface area (Å²) in [6.45, 7) is 0. The molecule has 0 saturated heterocycles. The van der Waals surface area contributed by atoms with E-state index in [0.717, 1.165) is 15.5 Å². The second-order valence-electron chi connectivity index (χ2n) is 5.01. The first-order valence-corrected chi connectivity index (χ1v) is 7.57. The number of methoxy groups -OCH3 is 1. The van der Waals surface area contributed by atoms with Crippen molar-refractivity contribution < 1.29 is 9.66 Å². The van der Waals surface area contributed by atoms with Gasteiger partial charge in [-0.25, -0.2) is 0 Å². The summed E-state index contributed by atoms with van der Waals surface area (Å²) in [6.07, 6.45) is 0. The Bertz CT molecular complexity index is 1050. The van der Waals surface area contributed by atoms with Crippen LogP contribution in [0.4, 0.5) is 5.69 Å². The molecule has 108 valence electrons. The Morgan fingerprint density at radius 3 is 2.41 bits per heavy atom. The van der Waals surface area contributed by atoms with Crippen molar-refractivity contribution in [2.45, 2.75) is 0 Å². The lowest BCUT2D eigenvalue weighted by Crippen LogP contribution is -1.94. The number of thiophene rings is 1. The third-order valence-electron chi connectivity index (χ3n) is 3.88. The zero-order valence-electron chi connectivity index (χ0n) is 11.7. The van der Waals surface area contributed by atoms with Gasteiger partial charge in [-0.1, -0.05) is 24.3 Å². The molecule has 0 spiro atoms. The van der Waals surface area contributed by atoms with E-state index in [9.17, 15) is 10.1 Å². The second-order valence-corrected chi connectivity index (χ2v) is 6.06. The van der Waals surface area contributed by atoms with Crippen molar-refractivity contribution in [1.29, 1.82) is 0 Å². The first-order valence-electron chi connectivity index (χ1n) is 6.76. The Morgan fingerprint density at radius 2 is 1.64 bits per heavy atom. The maximum atomic E-state index is 11.4. The van der Waals surface area contributed by atoms with Crippen molar-refractivity contribution in [3.63, 3.8) is 0 Å². The number of ether oxygens (including phenoxy) is 1. The van der Waals surface area contributed by atoms with E-state index < -0.39 is 0 Å². The van der Waals surface area contributed by atoms with Crippen molar-refractivity contribution in [3.8, 4) is 5.75 Å². The van der Waals surface area contributed by atoms with Gasteiger partial charge in [-0.05, 0) is 24.3 Å². The average Bonchev–Trinajstić information content (AvgIpc) is 2.92. The first kappa shape index (κ1) is 13.0. The highest BCUT2D eigenvalue weighted by Crippen LogP contribution is 2.43. The number of nitro benzene ring substituents is 1. The highest BCUT2D eigenvalue weighted by Gasteiger charge is 2.21. The number of fused-ring (bicyclic) bond motifs is 5. The zero-order chi connectivity index (χ0) is 15.3. The highest BCUT2D eigenvalue weighted by atomic mass is 32.1. The predicted octanol–water partition coefficient (Wildman–Crippen LogP) is 5.12. The summed E-state index contributed by atoms with van der Waals surface area (Å²) in [5.41, 5.74) is 0.0272.